The van der Waals surface area contributed by atoms with Gasteiger partial charge >= 0.3 is 5.97 Å². The van der Waals surface area contributed by atoms with E-state index in [1.807, 2.05) is 0 Å². The van der Waals surface area contributed by atoms with Crippen molar-refractivity contribution in [1.29, 1.82) is 0 Å². The molecule has 2 rings (SSSR count). The fourth-order valence-corrected chi connectivity index (χ4v) is 2.10. The lowest BCUT2D eigenvalue weighted by Gasteiger charge is -2.12. The van der Waals surface area contributed by atoms with Gasteiger partial charge in [0.2, 0.25) is 0 Å². The van der Waals surface area contributed by atoms with E-state index in [1.54, 1.807) is 0 Å². The van der Waals surface area contributed by atoms with Gasteiger partial charge in [-0.2, -0.15) is 0 Å². The third-order valence-corrected chi connectivity index (χ3v) is 2.81. The van der Waals surface area contributed by atoms with Crippen LogP contribution in [-0.4, -0.2) is 22.9 Å². The second kappa shape index (κ2) is 3.36. The summed E-state index contributed by atoms with van der Waals surface area (Å²) in [5.41, 5.74) is 0.229. The molecule has 1 saturated carbocycles. The third kappa shape index (κ3) is 1.53. The number of hydrogen-bond acceptors (Lipinski definition) is 3. The van der Waals surface area contributed by atoms with Crippen LogP contribution < -0.4 is 0 Å². The van der Waals surface area contributed by atoms with Crippen LogP contribution >= 0.6 is 0 Å². The highest BCUT2D eigenvalue weighted by molar-refractivity contribution is 6.36. The lowest BCUT2D eigenvalue weighted by Crippen LogP contribution is -2.27. The minimum atomic E-state index is -0.922. The molecular weight excluding hydrogens is 170 g/mol. The number of carboxylic acid groups (broad SMARTS) is 1. The first-order valence-corrected chi connectivity index (χ1v) is 4.76. The molecule has 4 heteroatoms. The first-order chi connectivity index (χ1) is 6.29. The van der Waals surface area contributed by atoms with Gasteiger partial charge in [-0.1, -0.05) is 18.0 Å². The summed E-state index contributed by atoms with van der Waals surface area (Å²) in [5.74, 6) is -0.880. The summed E-state index contributed by atoms with van der Waals surface area (Å²) in [6, 6.07) is 0. The predicted molar refractivity (Wildman–Crippen MR) is 46.5 cm³/mol. The smallest absolute Gasteiger partial charge is 0.354 e. The van der Waals surface area contributed by atoms with Crippen LogP contribution in [0.1, 0.15) is 32.1 Å². The summed E-state index contributed by atoms with van der Waals surface area (Å²) >= 11 is 0. The molecule has 0 spiro atoms. The monoisotopic (exact) mass is 183 g/mol. The molecule has 1 fully saturated rings. The van der Waals surface area contributed by atoms with Gasteiger partial charge in [-0.05, 0) is 19.3 Å². The van der Waals surface area contributed by atoms with Gasteiger partial charge in [0.1, 0.15) is 6.10 Å². The predicted octanol–water partition coefficient (Wildman–Crippen LogP) is 1.41. The van der Waals surface area contributed by atoms with Crippen molar-refractivity contribution in [2.75, 3.05) is 0 Å². The van der Waals surface area contributed by atoms with Crippen molar-refractivity contribution in [2.24, 2.45) is 11.1 Å². The number of nitrogens with zero attached hydrogens (tertiary/aromatic N) is 1. The molecule has 72 valence electrons. The van der Waals surface area contributed by atoms with Crippen molar-refractivity contribution in [3.05, 3.63) is 0 Å². The Morgan fingerprint density at radius 1 is 1.38 bits per heavy atom. The number of fused-ring (bicyclic) bond motifs is 1. The number of carbonyl (C=O) groups is 1. The molecule has 4 nitrogen and oxygen atoms in total. The van der Waals surface area contributed by atoms with Crippen LogP contribution in [0.2, 0.25) is 0 Å². The summed E-state index contributed by atoms with van der Waals surface area (Å²) in [5, 5.41) is 12.5. The summed E-state index contributed by atoms with van der Waals surface area (Å²) in [6.07, 6.45) is 5.30. The molecule has 1 aliphatic heterocycles. The normalized spacial score (nSPS) is 32.8. The van der Waals surface area contributed by atoms with E-state index in [9.17, 15) is 4.79 Å². The van der Waals surface area contributed by atoms with E-state index >= 15 is 0 Å². The number of oxime groups is 1. The maximum absolute atomic E-state index is 10.8. The van der Waals surface area contributed by atoms with E-state index in [2.05, 4.69) is 5.16 Å². The first-order valence-electron chi connectivity index (χ1n) is 4.76. The lowest BCUT2D eigenvalue weighted by molar-refractivity contribution is -0.129. The maximum atomic E-state index is 10.8. The standard InChI is InChI=1S/C9H13NO3/c11-9(12)8-6-4-2-1-3-5-7(6)13-10-8/h6-7H,1-5H2,(H,11,12)/t6-,7+/m0/s1. The summed E-state index contributed by atoms with van der Waals surface area (Å²) in [6.45, 7) is 0. The lowest BCUT2D eigenvalue weighted by atomic mass is 9.93. The largest absolute Gasteiger partial charge is 0.477 e. The molecule has 2 aliphatic rings. The summed E-state index contributed by atoms with van der Waals surface area (Å²) < 4.78 is 0. The minimum Gasteiger partial charge on any atom is -0.477 e. The van der Waals surface area contributed by atoms with Crippen molar-refractivity contribution in [3.63, 3.8) is 0 Å². The first kappa shape index (κ1) is 8.53. The molecule has 0 aromatic rings. The molecule has 2 atom stereocenters. The number of hydrogen-bond donors (Lipinski definition) is 1. The Morgan fingerprint density at radius 2 is 2.15 bits per heavy atom. The number of rotatable bonds is 1. The topological polar surface area (TPSA) is 58.9 Å². The Hall–Kier alpha value is -1.06. The molecule has 0 aromatic heterocycles. The fraction of sp³-hybridized carbons (Fsp3) is 0.778. The SMILES string of the molecule is O=C(O)C1=NO[C@@H]2CCCCC[C@H]12. The summed E-state index contributed by atoms with van der Waals surface area (Å²) in [7, 11) is 0. The van der Waals surface area contributed by atoms with Crippen molar-refractivity contribution < 1.29 is 14.7 Å². The Bertz CT molecular complexity index is 249. The molecule has 1 N–H and O–H groups in total. The fourth-order valence-electron chi connectivity index (χ4n) is 2.10. The molecule has 1 heterocycles. The van der Waals surface area contributed by atoms with Gasteiger partial charge in [-0.25, -0.2) is 4.79 Å². The van der Waals surface area contributed by atoms with Crippen LogP contribution in [0.5, 0.6) is 0 Å². The number of aliphatic carboxylic acids is 1. The molecular formula is C9H13NO3. The number of carboxylic acids is 1. The van der Waals surface area contributed by atoms with Gasteiger partial charge in [-0.3, -0.25) is 0 Å². The Labute approximate surface area is 76.6 Å². The van der Waals surface area contributed by atoms with Crippen LogP contribution in [0.4, 0.5) is 0 Å². The van der Waals surface area contributed by atoms with E-state index in [0.29, 0.717) is 0 Å². The van der Waals surface area contributed by atoms with E-state index in [4.69, 9.17) is 9.94 Å². The van der Waals surface area contributed by atoms with Gasteiger partial charge in [0.25, 0.3) is 0 Å². The van der Waals surface area contributed by atoms with Crippen LogP contribution in [-0.2, 0) is 9.63 Å². The average Bonchev–Trinajstić information content (AvgIpc) is 2.36. The van der Waals surface area contributed by atoms with E-state index in [-0.39, 0.29) is 17.7 Å². The molecule has 0 radical (unpaired) electrons. The molecule has 0 saturated heterocycles. The zero-order chi connectivity index (χ0) is 9.26. The highest BCUT2D eigenvalue weighted by atomic mass is 16.6. The maximum Gasteiger partial charge on any atom is 0.354 e. The van der Waals surface area contributed by atoms with Crippen LogP contribution in [0, 0.1) is 5.92 Å². The second-order valence-corrected chi connectivity index (χ2v) is 3.67. The van der Waals surface area contributed by atoms with Gasteiger partial charge < -0.3 is 9.94 Å². The van der Waals surface area contributed by atoms with E-state index < -0.39 is 5.97 Å². The Kier molecular flexibility index (Phi) is 2.20. The van der Waals surface area contributed by atoms with Gasteiger partial charge in [0, 0.05) is 0 Å². The minimum absolute atomic E-state index is 0.0357. The zero-order valence-electron chi connectivity index (χ0n) is 7.40. The van der Waals surface area contributed by atoms with Crippen molar-refractivity contribution in [2.45, 2.75) is 38.2 Å². The van der Waals surface area contributed by atoms with Crippen molar-refractivity contribution >= 4 is 11.7 Å². The summed E-state index contributed by atoms with van der Waals surface area (Å²) in [4.78, 5) is 15.9. The molecule has 0 amide bonds. The van der Waals surface area contributed by atoms with E-state index in [0.717, 1.165) is 25.7 Å². The molecule has 13 heavy (non-hydrogen) atoms. The van der Waals surface area contributed by atoms with Gasteiger partial charge in [0.15, 0.2) is 5.71 Å². The van der Waals surface area contributed by atoms with Gasteiger partial charge in [-0.15, -0.1) is 0 Å². The zero-order valence-corrected chi connectivity index (χ0v) is 7.40. The van der Waals surface area contributed by atoms with Crippen LogP contribution in [0.3, 0.4) is 0 Å². The highest BCUT2D eigenvalue weighted by Crippen LogP contribution is 2.31. The quantitative estimate of drug-likeness (QED) is 0.668. The molecule has 0 aromatic carbocycles. The Balaban J connectivity index is 2.12. The Morgan fingerprint density at radius 3 is 2.92 bits per heavy atom. The van der Waals surface area contributed by atoms with Crippen molar-refractivity contribution in [3.8, 4) is 0 Å². The molecule has 0 bridgehead atoms. The van der Waals surface area contributed by atoms with Crippen molar-refractivity contribution in [1.82, 2.24) is 0 Å². The van der Waals surface area contributed by atoms with Crippen LogP contribution in [0.25, 0.3) is 0 Å². The third-order valence-electron chi connectivity index (χ3n) is 2.81. The second-order valence-electron chi connectivity index (χ2n) is 3.67. The highest BCUT2D eigenvalue weighted by Gasteiger charge is 2.38. The van der Waals surface area contributed by atoms with Crippen LogP contribution in [0.15, 0.2) is 5.16 Å². The van der Waals surface area contributed by atoms with Gasteiger partial charge in [0.05, 0.1) is 5.92 Å². The van der Waals surface area contributed by atoms with E-state index in [1.165, 1.54) is 6.42 Å². The molecule has 1 aliphatic carbocycles. The molecule has 0 unspecified atom stereocenters. The average molecular weight is 183 g/mol.